The molecule has 0 saturated heterocycles. The number of hydrogen-bond acceptors (Lipinski definition) is 2. The zero-order valence-electron chi connectivity index (χ0n) is 21.3. The molecule has 0 N–H and O–H groups in total. The molecule has 0 amide bonds. The minimum atomic E-state index is 0.0765. The number of para-hydroxylation sites is 2. The maximum absolute atomic E-state index is 2.50. The predicted molar refractivity (Wildman–Crippen MR) is 170 cm³/mol. The van der Waals surface area contributed by atoms with Crippen LogP contribution >= 0.6 is 11.3 Å². The molecule has 7 aromatic rings. The van der Waals surface area contributed by atoms with Crippen molar-refractivity contribution in [3.8, 4) is 22.3 Å². The van der Waals surface area contributed by atoms with Gasteiger partial charge in [-0.3, -0.25) is 0 Å². The molecule has 1 aliphatic rings. The van der Waals surface area contributed by atoms with Crippen LogP contribution in [0.2, 0.25) is 0 Å². The van der Waals surface area contributed by atoms with Crippen LogP contribution in [0.3, 0.4) is 0 Å². The quantitative estimate of drug-likeness (QED) is 0.214. The summed E-state index contributed by atoms with van der Waals surface area (Å²) in [6, 6.07) is 53.1. The van der Waals surface area contributed by atoms with Gasteiger partial charge in [-0.05, 0) is 52.5 Å². The zero-order valence-corrected chi connectivity index (χ0v) is 22.1. The van der Waals surface area contributed by atoms with Crippen LogP contribution in [-0.4, -0.2) is 6.85 Å². The normalized spacial score (nSPS) is 12.5. The number of hydrogen-bond donors (Lipinski definition) is 0. The molecule has 1 aromatic heterocycles. The van der Waals surface area contributed by atoms with Crippen LogP contribution in [0.25, 0.3) is 42.4 Å². The molecule has 0 saturated carbocycles. The van der Waals surface area contributed by atoms with E-state index < -0.39 is 0 Å². The lowest BCUT2D eigenvalue weighted by molar-refractivity contribution is 1.36. The lowest BCUT2D eigenvalue weighted by atomic mass is 9.45. The molecular weight excluding hydrogens is 489 g/mol. The van der Waals surface area contributed by atoms with E-state index in [9.17, 15) is 0 Å². The molecule has 0 unspecified atom stereocenters. The van der Waals surface area contributed by atoms with Crippen molar-refractivity contribution in [3.63, 3.8) is 0 Å². The molecule has 0 radical (unpaired) electrons. The van der Waals surface area contributed by atoms with Crippen molar-refractivity contribution in [1.29, 1.82) is 0 Å². The van der Waals surface area contributed by atoms with Crippen molar-refractivity contribution < 1.29 is 0 Å². The summed E-state index contributed by atoms with van der Waals surface area (Å²) in [6.07, 6.45) is 0. The van der Waals surface area contributed by atoms with Gasteiger partial charge in [-0.2, -0.15) is 0 Å². The highest BCUT2D eigenvalue weighted by Crippen LogP contribution is 2.43. The molecule has 2 heterocycles. The fourth-order valence-corrected chi connectivity index (χ4v) is 7.44. The fourth-order valence-electron chi connectivity index (χ4n) is 6.20. The Morgan fingerprint density at radius 2 is 1.21 bits per heavy atom. The highest BCUT2D eigenvalue weighted by Gasteiger charge is 2.37. The number of rotatable bonds is 3. The van der Waals surface area contributed by atoms with Crippen LogP contribution in [0.1, 0.15) is 0 Å². The Bertz CT molecular complexity index is 1980. The first kappa shape index (κ1) is 22.4. The third-order valence-electron chi connectivity index (χ3n) is 7.92. The Balaban J connectivity index is 1.38. The van der Waals surface area contributed by atoms with Gasteiger partial charge in [0.2, 0.25) is 0 Å². The van der Waals surface area contributed by atoms with Crippen molar-refractivity contribution in [3.05, 3.63) is 146 Å². The van der Waals surface area contributed by atoms with Gasteiger partial charge in [0.15, 0.2) is 0 Å². The summed E-state index contributed by atoms with van der Waals surface area (Å²) >= 11 is 1.89. The summed E-state index contributed by atoms with van der Waals surface area (Å²) in [5.74, 6) is 0. The van der Waals surface area contributed by atoms with Crippen LogP contribution in [0.15, 0.2) is 146 Å². The van der Waals surface area contributed by atoms with Crippen LogP contribution in [0.4, 0.5) is 11.4 Å². The number of thiophene rings is 1. The Morgan fingerprint density at radius 3 is 2.08 bits per heavy atom. The smallest absolute Gasteiger partial charge is 0.328 e. The van der Waals surface area contributed by atoms with Gasteiger partial charge >= 0.3 is 6.85 Å². The Kier molecular flexibility index (Phi) is 5.17. The maximum atomic E-state index is 2.50. The van der Waals surface area contributed by atoms with Gasteiger partial charge in [-0.1, -0.05) is 121 Å². The largest absolute Gasteiger partial charge is 0.376 e. The lowest BCUT2D eigenvalue weighted by Crippen LogP contribution is -2.57. The minimum Gasteiger partial charge on any atom is -0.376 e. The summed E-state index contributed by atoms with van der Waals surface area (Å²) in [4.78, 5) is 2.50. The molecule has 1 nitrogen and oxygen atoms in total. The summed E-state index contributed by atoms with van der Waals surface area (Å²) in [5, 5.41) is 2.67. The minimum absolute atomic E-state index is 0.0765. The molecule has 182 valence electrons. The standard InChI is InChI=1S/C36H24BNS/c1-3-12-26(13-4-1)37-33-23-22-25(28-18-11-19-31-30-17-8-10-21-35(30)39-36(28)31)24-32(33)29-16-7-9-20-34(29)38(37)27-14-5-2-6-15-27/h1-24H. The van der Waals surface area contributed by atoms with Gasteiger partial charge in [-0.25, -0.2) is 0 Å². The monoisotopic (exact) mass is 513 g/mol. The lowest BCUT2D eigenvalue weighted by Gasteiger charge is -2.39. The van der Waals surface area contributed by atoms with Gasteiger partial charge in [0.25, 0.3) is 0 Å². The molecule has 0 fully saturated rings. The Labute approximate surface area is 232 Å². The molecule has 0 bridgehead atoms. The Hall–Kier alpha value is -4.60. The second-order valence-electron chi connectivity index (χ2n) is 10.1. The summed E-state index contributed by atoms with van der Waals surface area (Å²) < 4.78 is 2.69. The Morgan fingerprint density at radius 1 is 0.513 bits per heavy atom. The van der Waals surface area contributed by atoms with E-state index in [-0.39, 0.29) is 6.85 Å². The van der Waals surface area contributed by atoms with Crippen molar-refractivity contribution in [2.24, 2.45) is 0 Å². The molecule has 8 rings (SSSR count). The molecule has 0 aliphatic carbocycles. The van der Waals surface area contributed by atoms with Crippen LogP contribution in [-0.2, 0) is 0 Å². The maximum Gasteiger partial charge on any atom is 0.328 e. The molecule has 6 aromatic carbocycles. The zero-order chi connectivity index (χ0) is 25.8. The predicted octanol–water partition coefficient (Wildman–Crippen LogP) is 8.65. The first-order valence-corrected chi connectivity index (χ1v) is 14.2. The van der Waals surface area contributed by atoms with E-state index >= 15 is 0 Å². The van der Waals surface area contributed by atoms with Crippen molar-refractivity contribution in [2.45, 2.75) is 0 Å². The molecule has 0 spiro atoms. The first-order chi connectivity index (χ1) is 19.4. The van der Waals surface area contributed by atoms with E-state index in [1.54, 1.807) is 0 Å². The van der Waals surface area contributed by atoms with Gasteiger partial charge in [-0.15, -0.1) is 11.3 Å². The first-order valence-electron chi connectivity index (χ1n) is 13.4. The van der Waals surface area contributed by atoms with Crippen molar-refractivity contribution >= 4 is 60.7 Å². The molecule has 39 heavy (non-hydrogen) atoms. The van der Waals surface area contributed by atoms with Gasteiger partial charge in [0.1, 0.15) is 0 Å². The SMILES string of the molecule is c1ccc(B2c3ccc(-c4cccc5c4sc4ccccc45)cc3-c3ccccc3N2c2ccccc2)cc1. The van der Waals surface area contributed by atoms with Gasteiger partial charge in [0.05, 0.1) is 0 Å². The molecule has 1 aliphatic heterocycles. The van der Waals surface area contributed by atoms with Crippen LogP contribution in [0, 0.1) is 0 Å². The molecule has 3 heteroatoms. The van der Waals surface area contributed by atoms with E-state index in [0.717, 1.165) is 0 Å². The van der Waals surface area contributed by atoms with E-state index in [1.807, 2.05) is 11.3 Å². The number of nitrogens with zero attached hydrogens (tertiary/aromatic N) is 1. The summed E-state index contributed by atoms with van der Waals surface area (Å²) in [5.41, 5.74) is 10.2. The highest BCUT2D eigenvalue weighted by molar-refractivity contribution is 7.26. The molecular formula is C36H24BNS. The molecule has 0 atom stereocenters. The van der Waals surface area contributed by atoms with E-state index in [2.05, 4.69) is 150 Å². The number of benzene rings is 6. The van der Waals surface area contributed by atoms with Crippen molar-refractivity contribution in [1.82, 2.24) is 0 Å². The van der Waals surface area contributed by atoms with Gasteiger partial charge in [0, 0.05) is 37.1 Å². The number of fused-ring (bicyclic) bond motifs is 6. The summed E-state index contributed by atoms with van der Waals surface area (Å²) in [7, 11) is 0. The average Bonchev–Trinajstić information content (AvgIpc) is 3.40. The topological polar surface area (TPSA) is 3.24 Å². The van der Waals surface area contributed by atoms with Gasteiger partial charge < -0.3 is 4.81 Å². The third kappa shape index (κ3) is 3.54. The van der Waals surface area contributed by atoms with Crippen molar-refractivity contribution in [2.75, 3.05) is 4.81 Å². The van der Waals surface area contributed by atoms with E-state index in [1.165, 1.54) is 64.7 Å². The van der Waals surface area contributed by atoms with E-state index in [0.29, 0.717) is 0 Å². The fraction of sp³-hybridized carbons (Fsp3) is 0. The summed E-state index contributed by atoms with van der Waals surface area (Å²) in [6.45, 7) is 0.0765. The number of anilines is 2. The highest BCUT2D eigenvalue weighted by atomic mass is 32.1. The van der Waals surface area contributed by atoms with Crippen LogP contribution < -0.4 is 15.7 Å². The van der Waals surface area contributed by atoms with Crippen LogP contribution in [0.5, 0.6) is 0 Å². The average molecular weight is 513 g/mol. The third-order valence-corrected chi connectivity index (χ3v) is 9.14. The second-order valence-corrected chi connectivity index (χ2v) is 11.2. The van der Waals surface area contributed by atoms with E-state index in [4.69, 9.17) is 0 Å². The second kappa shape index (κ2) is 9.01.